The van der Waals surface area contributed by atoms with Gasteiger partial charge in [-0.05, 0) is 54.5 Å². The summed E-state index contributed by atoms with van der Waals surface area (Å²) in [5.74, 6) is -2.82. The van der Waals surface area contributed by atoms with Crippen LogP contribution in [-0.4, -0.2) is 26.7 Å². The largest absolute Gasteiger partial charge is 0.433 e. The first kappa shape index (κ1) is 27.0. The fourth-order valence-electron chi connectivity index (χ4n) is 4.77. The minimum absolute atomic E-state index is 0.0688. The van der Waals surface area contributed by atoms with Crippen molar-refractivity contribution in [2.24, 2.45) is 17.4 Å². The predicted molar refractivity (Wildman–Crippen MR) is 124 cm³/mol. The lowest BCUT2D eigenvalue weighted by atomic mass is 9.67. The van der Waals surface area contributed by atoms with Gasteiger partial charge in [-0.15, -0.1) is 0 Å². The molecule has 0 bridgehead atoms. The lowest BCUT2D eigenvalue weighted by Gasteiger charge is -2.42. The van der Waals surface area contributed by atoms with Gasteiger partial charge >= 0.3 is 6.18 Å². The molecule has 2 aromatic rings. The lowest BCUT2D eigenvalue weighted by molar-refractivity contribution is -0.141. The molecule has 0 spiro atoms. The first-order valence-corrected chi connectivity index (χ1v) is 12.2. The third-order valence-electron chi connectivity index (χ3n) is 6.76. The van der Waals surface area contributed by atoms with Crippen molar-refractivity contribution in [3.63, 3.8) is 0 Å². The zero-order valence-electron chi connectivity index (χ0n) is 19.1. The number of carbonyl (C=O) groups excluding carboxylic acids is 1. The molecule has 0 radical (unpaired) electrons. The molecule has 3 atom stereocenters. The number of pyridine rings is 1. The zero-order valence-corrected chi connectivity index (χ0v) is 19.9. The van der Waals surface area contributed by atoms with E-state index in [9.17, 15) is 31.1 Å². The molecular weight excluding hydrogens is 488 g/mol. The number of amides is 1. The van der Waals surface area contributed by atoms with E-state index in [1.54, 1.807) is 0 Å². The average Bonchev–Trinajstić information content (AvgIpc) is 2.81. The van der Waals surface area contributed by atoms with Crippen molar-refractivity contribution in [1.29, 1.82) is 0 Å². The van der Waals surface area contributed by atoms with E-state index in [0.717, 1.165) is 41.9 Å². The summed E-state index contributed by atoms with van der Waals surface area (Å²) in [6, 6.07) is 5.87. The number of nitrogens with two attached hydrogens (primary N) is 2. The van der Waals surface area contributed by atoms with Crippen LogP contribution in [0.3, 0.4) is 0 Å². The Kier molecular flexibility index (Phi) is 8.17. The number of carbonyl (C=O) groups is 1. The van der Waals surface area contributed by atoms with Gasteiger partial charge in [0.2, 0.25) is 5.91 Å². The third kappa shape index (κ3) is 5.99. The van der Waals surface area contributed by atoms with E-state index in [1.165, 1.54) is 25.2 Å². The number of alkyl halides is 3. The van der Waals surface area contributed by atoms with Crippen LogP contribution in [-0.2, 0) is 27.8 Å². The molecule has 5 N–H and O–H groups in total. The van der Waals surface area contributed by atoms with Gasteiger partial charge in [-0.1, -0.05) is 31.4 Å². The molecule has 3 rings (SSSR count). The maximum atomic E-state index is 14.8. The maximum Gasteiger partial charge on any atom is 0.433 e. The molecule has 35 heavy (non-hydrogen) atoms. The molecule has 1 heterocycles. The Balaban J connectivity index is 2.02. The molecule has 192 valence electrons. The lowest BCUT2D eigenvalue weighted by Crippen LogP contribution is -2.47. The number of nitrogens with zero attached hydrogens (tertiary/aromatic N) is 2. The molecule has 1 amide bonds. The summed E-state index contributed by atoms with van der Waals surface area (Å²) < 4.78 is 75.3. The van der Waals surface area contributed by atoms with Crippen molar-refractivity contribution < 1.29 is 31.1 Å². The highest BCUT2D eigenvalue weighted by Gasteiger charge is 2.42. The first-order valence-electron chi connectivity index (χ1n) is 11.1. The van der Waals surface area contributed by atoms with Crippen LogP contribution in [0.1, 0.15) is 61.3 Å². The van der Waals surface area contributed by atoms with E-state index in [2.05, 4.69) is 4.98 Å². The number of anilines is 1. The Morgan fingerprint density at radius 1 is 1.23 bits per heavy atom. The van der Waals surface area contributed by atoms with Gasteiger partial charge < -0.3 is 11.5 Å². The van der Waals surface area contributed by atoms with Crippen LogP contribution in [0, 0.1) is 11.7 Å². The van der Waals surface area contributed by atoms with Crippen LogP contribution in [0.5, 0.6) is 0 Å². The molecule has 0 saturated heterocycles. The number of aromatic nitrogens is 1. The Labute approximate surface area is 203 Å². The van der Waals surface area contributed by atoms with Crippen LogP contribution in [0.2, 0.25) is 0 Å². The Bertz CT molecular complexity index is 1080. The van der Waals surface area contributed by atoms with Crippen LogP contribution in [0.4, 0.5) is 23.2 Å². The summed E-state index contributed by atoms with van der Waals surface area (Å²) in [5, 5.41) is 0. The van der Waals surface area contributed by atoms with Crippen LogP contribution < -0.4 is 15.8 Å². The number of benzene rings is 1. The van der Waals surface area contributed by atoms with E-state index in [0.29, 0.717) is 18.4 Å². The summed E-state index contributed by atoms with van der Waals surface area (Å²) in [6.07, 6.45) is 0.600. The molecule has 1 fully saturated rings. The van der Waals surface area contributed by atoms with E-state index < -0.39 is 46.3 Å². The number of hydrogen-bond donors (Lipinski definition) is 3. The minimum atomic E-state index is -4.61. The van der Waals surface area contributed by atoms with Crippen LogP contribution in [0.25, 0.3) is 0 Å². The SMILES string of the molecule is CN(c1ccc(C(CC(N)(c2ccc(C(F)(F)F)nc2)C2CCCCC2)C(N)=O)cc1F)S(=O)O. The second-order valence-corrected chi connectivity index (χ2v) is 9.91. The van der Waals surface area contributed by atoms with Crippen molar-refractivity contribution in [2.45, 2.75) is 56.2 Å². The van der Waals surface area contributed by atoms with Gasteiger partial charge in [-0.3, -0.25) is 18.6 Å². The topological polar surface area (TPSA) is 123 Å². The highest BCUT2D eigenvalue weighted by atomic mass is 32.2. The van der Waals surface area contributed by atoms with Gasteiger partial charge in [0, 0.05) is 18.8 Å². The zero-order chi connectivity index (χ0) is 26.0. The summed E-state index contributed by atoms with van der Waals surface area (Å²) in [7, 11) is 1.23. The summed E-state index contributed by atoms with van der Waals surface area (Å²) in [6.45, 7) is 0. The summed E-state index contributed by atoms with van der Waals surface area (Å²) in [4.78, 5) is 16.1. The molecule has 3 unspecified atom stereocenters. The molecule has 1 aliphatic carbocycles. The average molecular weight is 517 g/mol. The molecular formula is C23H28F4N4O3S. The van der Waals surface area contributed by atoms with Crippen LogP contribution >= 0.6 is 0 Å². The van der Waals surface area contributed by atoms with Crippen molar-refractivity contribution >= 4 is 22.9 Å². The standard InChI is InChI=1S/C23H28F4N4O3S/c1-31(35(33)34)19-9-7-14(11-18(19)24)17(21(28)32)12-22(29,15-5-3-2-4-6-15)16-8-10-20(30-13-16)23(25,26)27/h7-11,13,15,17H,2-6,12,29H2,1H3,(H2,28,32)(H,33,34). The second kappa shape index (κ2) is 10.6. The second-order valence-electron chi connectivity index (χ2n) is 8.90. The predicted octanol–water partition coefficient (Wildman–Crippen LogP) is 4.21. The normalized spacial score (nSPS) is 18.5. The van der Waals surface area contributed by atoms with Crippen molar-refractivity contribution in [3.05, 3.63) is 59.2 Å². The van der Waals surface area contributed by atoms with Gasteiger partial charge in [0.15, 0.2) is 0 Å². The van der Waals surface area contributed by atoms with Gasteiger partial charge in [0.05, 0.1) is 11.6 Å². The van der Waals surface area contributed by atoms with Crippen LogP contribution in [0.15, 0.2) is 36.5 Å². The fourth-order valence-corrected chi connectivity index (χ4v) is 5.09. The maximum absolute atomic E-state index is 14.8. The molecule has 1 aliphatic rings. The van der Waals surface area contributed by atoms with Gasteiger partial charge in [0.25, 0.3) is 11.3 Å². The van der Waals surface area contributed by atoms with Crippen molar-refractivity contribution in [2.75, 3.05) is 11.4 Å². The molecule has 1 aromatic heterocycles. The highest BCUT2D eigenvalue weighted by Crippen LogP contribution is 2.44. The number of hydrogen-bond acceptors (Lipinski definition) is 4. The van der Waals surface area contributed by atoms with E-state index in [4.69, 9.17) is 11.5 Å². The smallest absolute Gasteiger partial charge is 0.369 e. The Hall–Kier alpha value is -2.57. The van der Waals surface area contributed by atoms with E-state index >= 15 is 0 Å². The summed E-state index contributed by atoms with van der Waals surface area (Å²) in [5.41, 5.74) is 10.7. The van der Waals surface area contributed by atoms with Crippen molar-refractivity contribution in [3.8, 4) is 0 Å². The van der Waals surface area contributed by atoms with Gasteiger partial charge in [-0.2, -0.15) is 13.2 Å². The van der Waals surface area contributed by atoms with Gasteiger partial charge in [0.1, 0.15) is 11.5 Å². The van der Waals surface area contributed by atoms with Gasteiger partial charge in [-0.25, -0.2) is 8.60 Å². The first-order chi connectivity index (χ1) is 16.3. The Morgan fingerprint density at radius 2 is 1.89 bits per heavy atom. The fraction of sp³-hybridized carbons (Fsp3) is 0.478. The molecule has 0 aliphatic heterocycles. The number of halogens is 4. The minimum Gasteiger partial charge on any atom is -0.369 e. The molecule has 1 aromatic carbocycles. The highest BCUT2D eigenvalue weighted by molar-refractivity contribution is 7.80. The number of primary amides is 1. The van der Waals surface area contributed by atoms with E-state index in [-0.39, 0.29) is 23.6 Å². The molecule has 7 nitrogen and oxygen atoms in total. The molecule has 12 heteroatoms. The quantitative estimate of drug-likeness (QED) is 0.358. The molecule has 1 saturated carbocycles. The summed E-state index contributed by atoms with van der Waals surface area (Å²) >= 11 is -2.46. The Morgan fingerprint density at radius 3 is 2.37 bits per heavy atom. The van der Waals surface area contributed by atoms with E-state index in [1.807, 2.05) is 0 Å². The number of rotatable bonds is 8. The third-order valence-corrected chi connectivity index (χ3v) is 7.42. The monoisotopic (exact) mass is 516 g/mol. The van der Waals surface area contributed by atoms with Crippen molar-refractivity contribution in [1.82, 2.24) is 4.98 Å².